The first-order valence-electron chi connectivity index (χ1n) is 9.79. The van der Waals surface area contributed by atoms with E-state index in [0.29, 0.717) is 38.2 Å². The topological polar surface area (TPSA) is 103 Å². The van der Waals surface area contributed by atoms with E-state index in [1.807, 2.05) is 13.0 Å². The van der Waals surface area contributed by atoms with Crippen LogP contribution < -0.4 is 14.9 Å². The fourth-order valence-electron chi connectivity index (χ4n) is 2.81. The molecule has 170 valence electrons. The first kappa shape index (κ1) is 24.4. The molecule has 0 atom stereocenters. The van der Waals surface area contributed by atoms with Gasteiger partial charge in [-0.15, -0.1) is 0 Å². The number of hydrazone groups is 1. The van der Waals surface area contributed by atoms with Crippen molar-refractivity contribution in [1.82, 2.24) is 5.43 Å². The Balaban J connectivity index is 1.72. The lowest BCUT2D eigenvalue weighted by molar-refractivity contribution is -0.384. The van der Waals surface area contributed by atoms with Crippen molar-refractivity contribution in [1.29, 1.82) is 0 Å². The zero-order valence-electron chi connectivity index (χ0n) is 17.5. The van der Waals surface area contributed by atoms with Crippen molar-refractivity contribution in [3.8, 4) is 11.5 Å². The fourth-order valence-corrected chi connectivity index (χ4v) is 3.84. The summed E-state index contributed by atoms with van der Waals surface area (Å²) in [5.41, 5.74) is 4.44. The van der Waals surface area contributed by atoms with Crippen molar-refractivity contribution in [3.63, 3.8) is 0 Å². The number of hydrogen-bond donors (Lipinski definition) is 1. The number of nitro groups is 1. The number of nitro benzene ring substituents is 1. The summed E-state index contributed by atoms with van der Waals surface area (Å²) in [4.78, 5) is 22.6. The highest BCUT2D eigenvalue weighted by Gasteiger charge is 2.13. The minimum atomic E-state index is -0.449. The average molecular weight is 577 g/mol. The summed E-state index contributed by atoms with van der Waals surface area (Å²) in [6.07, 6.45) is 1.50. The second-order valence-corrected chi connectivity index (χ2v) is 8.36. The molecule has 3 aromatic rings. The van der Waals surface area contributed by atoms with Gasteiger partial charge in [0, 0.05) is 16.6 Å². The third-order valence-corrected chi connectivity index (χ3v) is 5.64. The molecule has 0 radical (unpaired) electrons. The average Bonchev–Trinajstić information content (AvgIpc) is 2.79. The lowest BCUT2D eigenvalue weighted by atomic mass is 10.2. The van der Waals surface area contributed by atoms with Gasteiger partial charge in [0.2, 0.25) is 0 Å². The van der Waals surface area contributed by atoms with Crippen LogP contribution in [0.15, 0.2) is 74.7 Å². The molecule has 3 aromatic carbocycles. The van der Waals surface area contributed by atoms with Crippen molar-refractivity contribution in [2.75, 3.05) is 6.61 Å². The second-order valence-electron chi connectivity index (χ2n) is 6.65. The van der Waals surface area contributed by atoms with Crippen LogP contribution in [0.2, 0.25) is 0 Å². The molecule has 0 aromatic heterocycles. The number of nitrogens with one attached hydrogen (secondary N) is 1. The van der Waals surface area contributed by atoms with E-state index in [1.165, 1.54) is 18.3 Å². The molecule has 0 heterocycles. The summed E-state index contributed by atoms with van der Waals surface area (Å²) in [5, 5.41) is 14.8. The number of benzene rings is 3. The maximum absolute atomic E-state index is 12.3. The highest BCUT2D eigenvalue weighted by Crippen LogP contribution is 2.37. The molecule has 33 heavy (non-hydrogen) atoms. The molecule has 8 nitrogen and oxygen atoms in total. The molecule has 0 saturated carbocycles. The monoisotopic (exact) mass is 575 g/mol. The van der Waals surface area contributed by atoms with E-state index < -0.39 is 4.92 Å². The molecule has 10 heteroatoms. The summed E-state index contributed by atoms with van der Waals surface area (Å²) < 4.78 is 12.9. The van der Waals surface area contributed by atoms with Crippen LogP contribution in [0.3, 0.4) is 0 Å². The van der Waals surface area contributed by atoms with Crippen LogP contribution in [0.4, 0.5) is 5.69 Å². The van der Waals surface area contributed by atoms with E-state index in [4.69, 9.17) is 9.47 Å². The SMILES string of the molecule is CCOc1cc(/C=N\NC(=O)c2ccccc2Br)cc(Br)c1OCc1ccc([N+](=O)[O-])cc1. The Morgan fingerprint density at radius 3 is 2.48 bits per heavy atom. The highest BCUT2D eigenvalue weighted by molar-refractivity contribution is 9.10. The van der Waals surface area contributed by atoms with Crippen molar-refractivity contribution >= 4 is 49.7 Å². The smallest absolute Gasteiger partial charge is 0.272 e. The van der Waals surface area contributed by atoms with Crippen LogP contribution in [0.25, 0.3) is 0 Å². The summed E-state index contributed by atoms with van der Waals surface area (Å²) >= 11 is 6.83. The maximum Gasteiger partial charge on any atom is 0.272 e. The van der Waals surface area contributed by atoms with Gasteiger partial charge in [-0.2, -0.15) is 5.10 Å². The number of amides is 1. The Morgan fingerprint density at radius 2 is 1.82 bits per heavy atom. The fraction of sp³-hybridized carbons (Fsp3) is 0.130. The third-order valence-electron chi connectivity index (χ3n) is 4.36. The number of rotatable bonds is 9. The highest BCUT2D eigenvalue weighted by atomic mass is 79.9. The zero-order valence-corrected chi connectivity index (χ0v) is 20.6. The molecular formula is C23H19Br2N3O5. The van der Waals surface area contributed by atoms with Crippen LogP contribution >= 0.6 is 31.9 Å². The van der Waals surface area contributed by atoms with Crippen molar-refractivity contribution in [3.05, 3.63) is 96.4 Å². The quantitative estimate of drug-likeness (QED) is 0.195. The van der Waals surface area contributed by atoms with Gasteiger partial charge in [-0.25, -0.2) is 5.43 Å². The van der Waals surface area contributed by atoms with Gasteiger partial charge in [-0.05, 0) is 86.3 Å². The molecule has 0 bridgehead atoms. The largest absolute Gasteiger partial charge is 0.490 e. The number of ether oxygens (including phenoxy) is 2. The number of hydrogen-bond acceptors (Lipinski definition) is 6. The summed E-state index contributed by atoms with van der Waals surface area (Å²) in [7, 11) is 0. The van der Waals surface area contributed by atoms with Crippen LogP contribution in [0, 0.1) is 10.1 Å². The van der Waals surface area contributed by atoms with Crippen LogP contribution in [-0.4, -0.2) is 23.7 Å². The number of halogens is 2. The number of non-ortho nitro benzene ring substituents is 1. The van der Waals surface area contributed by atoms with Gasteiger partial charge in [0.15, 0.2) is 11.5 Å². The minimum absolute atomic E-state index is 0.0188. The van der Waals surface area contributed by atoms with Gasteiger partial charge in [0.1, 0.15) is 6.61 Å². The van der Waals surface area contributed by atoms with Crippen LogP contribution in [0.5, 0.6) is 11.5 Å². The van der Waals surface area contributed by atoms with Crippen molar-refractivity contribution < 1.29 is 19.2 Å². The molecule has 1 N–H and O–H groups in total. The minimum Gasteiger partial charge on any atom is -0.490 e. The van der Waals surface area contributed by atoms with E-state index in [0.717, 1.165) is 5.56 Å². The van der Waals surface area contributed by atoms with E-state index in [1.54, 1.807) is 42.5 Å². The summed E-state index contributed by atoms with van der Waals surface area (Å²) in [6.45, 7) is 2.47. The van der Waals surface area contributed by atoms with Crippen LogP contribution in [-0.2, 0) is 6.61 Å². The predicted octanol–water partition coefficient (Wildman–Crippen LogP) is 5.86. The molecule has 0 spiro atoms. The first-order valence-corrected chi connectivity index (χ1v) is 11.4. The maximum atomic E-state index is 12.3. The van der Waals surface area contributed by atoms with Gasteiger partial charge >= 0.3 is 0 Å². The predicted molar refractivity (Wildman–Crippen MR) is 132 cm³/mol. The normalized spacial score (nSPS) is 10.8. The molecule has 0 aliphatic carbocycles. The Morgan fingerprint density at radius 1 is 1.09 bits per heavy atom. The molecule has 3 rings (SSSR count). The third kappa shape index (κ3) is 6.62. The van der Waals surface area contributed by atoms with Crippen molar-refractivity contribution in [2.45, 2.75) is 13.5 Å². The van der Waals surface area contributed by atoms with E-state index >= 15 is 0 Å². The Bertz CT molecular complexity index is 1180. The van der Waals surface area contributed by atoms with Gasteiger partial charge in [-0.3, -0.25) is 14.9 Å². The summed E-state index contributed by atoms with van der Waals surface area (Å²) in [6, 6.07) is 16.7. The molecule has 0 unspecified atom stereocenters. The number of carbonyl (C=O) groups is 1. The standard InChI is InChI=1S/C23H19Br2N3O5/c1-2-32-21-12-16(13-26-27-23(29)18-5-3-4-6-19(18)24)11-20(25)22(21)33-14-15-7-9-17(10-8-15)28(30)31/h3-13H,2,14H2,1H3,(H,27,29)/b26-13-. The van der Waals surface area contributed by atoms with E-state index in [9.17, 15) is 14.9 Å². The number of carbonyl (C=O) groups excluding carboxylic acids is 1. The second kappa shape index (κ2) is 11.6. The zero-order chi connectivity index (χ0) is 23.8. The summed E-state index contributed by atoms with van der Waals surface area (Å²) in [5.74, 6) is 0.642. The Hall–Kier alpha value is -3.24. The lowest BCUT2D eigenvalue weighted by Gasteiger charge is -2.14. The molecule has 0 saturated heterocycles. The molecular weight excluding hydrogens is 558 g/mol. The Labute approximate surface area is 207 Å². The lowest BCUT2D eigenvalue weighted by Crippen LogP contribution is -2.18. The molecule has 0 aliphatic rings. The number of nitrogens with zero attached hydrogens (tertiary/aromatic N) is 2. The van der Waals surface area contributed by atoms with Gasteiger partial charge in [-0.1, -0.05) is 12.1 Å². The molecule has 1 amide bonds. The van der Waals surface area contributed by atoms with Gasteiger partial charge < -0.3 is 9.47 Å². The van der Waals surface area contributed by atoms with E-state index in [2.05, 4.69) is 42.4 Å². The van der Waals surface area contributed by atoms with Crippen LogP contribution in [0.1, 0.15) is 28.4 Å². The molecule has 0 fully saturated rings. The molecule has 0 aliphatic heterocycles. The Kier molecular flexibility index (Phi) is 8.56. The van der Waals surface area contributed by atoms with Gasteiger partial charge in [0.05, 0.1) is 27.8 Å². The van der Waals surface area contributed by atoms with Crippen molar-refractivity contribution in [2.24, 2.45) is 5.10 Å². The van der Waals surface area contributed by atoms with E-state index in [-0.39, 0.29) is 18.2 Å². The first-order chi connectivity index (χ1) is 15.9. The van der Waals surface area contributed by atoms with Gasteiger partial charge in [0.25, 0.3) is 11.6 Å².